The van der Waals surface area contributed by atoms with Crippen LogP contribution >= 0.6 is 11.8 Å². The Morgan fingerprint density at radius 3 is 2.86 bits per heavy atom. The Bertz CT molecular complexity index is 595. The molecule has 0 spiro atoms. The molecular formula is C14H19N5OS. The lowest BCUT2D eigenvalue weighted by atomic mass is 10.2. The molecule has 0 saturated carbocycles. The van der Waals surface area contributed by atoms with Gasteiger partial charge in [-0.15, -0.1) is 10.2 Å². The van der Waals surface area contributed by atoms with Crippen LogP contribution in [0.4, 0.5) is 0 Å². The van der Waals surface area contributed by atoms with Crippen LogP contribution in [0.25, 0.3) is 0 Å². The van der Waals surface area contributed by atoms with Gasteiger partial charge in [-0.1, -0.05) is 13.8 Å². The fourth-order valence-corrected chi connectivity index (χ4v) is 2.92. The van der Waals surface area contributed by atoms with Crippen LogP contribution in [0.5, 0.6) is 0 Å². The van der Waals surface area contributed by atoms with Gasteiger partial charge in [0.1, 0.15) is 10.9 Å². The van der Waals surface area contributed by atoms with Gasteiger partial charge < -0.3 is 4.42 Å². The monoisotopic (exact) mass is 305 g/mol. The highest BCUT2D eigenvalue weighted by Gasteiger charge is 2.16. The van der Waals surface area contributed by atoms with Crippen molar-refractivity contribution >= 4 is 11.8 Å². The van der Waals surface area contributed by atoms with Crippen LogP contribution in [-0.4, -0.2) is 38.2 Å². The predicted octanol–water partition coefficient (Wildman–Crippen LogP) is 2.73. The number of aromatic nitrogens is 4. The van der Waals surface area contributed by atoms with E-state index in [4.69, 9.17) is 4.42 Å². The standard InChI is InChI=1S/C14H19N5OS/c1-10(2)13-15-6-5-12(16-13)21-14-18-17-11(20-14)9-19-7-3-4-8-19/h5-6,10H,3-4,7-9H2,1-2H3. The summed E-state index contributed by atoms with van der Waals surface area (Å²) in [4.78, 5) is 11.1. The normalized spacial score (nSPS) is 16.0. The second-order valence-corrected chi connectivity index (χ2v) is 6.43. The molecule has 3 heterocycles. The zero-order valence-electron chi connectivity index (χ0n) is 12.3. The molecule has 0 aromatic carbocycles. The zero-order valence-corrected chi connectivity index (χ0v) is 13.1. The number of hydrogen-bond donors (Lipinski definition) is 0. The minimum absolute atomic E-state index is 0.305. The third-order valence-corrected chi connectivity index (χ3v) is 4.14. The van der Waals surface area contributed by atoms with E-state index in [2.05, 4.69) is 38.9 Å². The van der Waals surface area contributed by atoms with Crippen LogP contribution in [0.15, 0.2) is 26.9 Å². The Morgan fingerprint density at radius 1 is 1.29 bits per heavy atom. The lowest BCUT2D eigenvalue weighted by Crippen LogP contribution is -2.18. The van der Waals surface area contributed by atoms with Crippen molar-refractivity contribution in [3.05, 3.63) is 24.0 Å². The van der Waals surface area contributed by atoms with Crippen molar-refractivity contribution in [2.75, 3.05) is 13.1 Å². The number of likely N-dealkylation sites (tertiary alicyclic amines) is 1. The van der Waals surface area contributed by atoms with E-state index in [1.165, 1.54) is 24.6 Å². The van der Waals surface area contributed by atoms with Gasteiger partial charge in [0.25, 0.3) is 5.22 Å². The summed E-state index contributed by atoms with van der Waals surface area (Å²) in [5.74, 6) is 1.81. The molecule has 0 amide bonds. The molecule has 2 aromatic rings. The molecule has 0 aliphatic carbocycles. The SMILES string of the molecule is CC(C)c1nccc(Sc2nnc(CN3CCCC3)o2)n1. The van der Waals surface area contributed by atoms with Gasteiger partial charge in [-0.3, -0.25) is 4.90 Å². The fraction of sp³-hybridized carbons (Fsp3) is 0.571. The molecule has 21 heavy (non-hydrogen) atoms. The van der Waals surface area contributed by atoms with Crippen LogP contribution in [0.2, 0.25) is 0 Å². The second kappa shape index (κ2) is 6.53. The second-order valence-electron chi connectivity index (χ2n) is 5.45. The molecule has 1 aliphatic heterocycles. The van der Waals surface area contributed by atoms with Crippen LogP contribution in [0, 0.1) is 0 Å². The first kappa shape index (κ1) is 14.5. The van der Waals surface area contributed by atoms with Gasteiger partial charge in [0.15, 0.2) is 0 Å². The van der Waals surface area contributed by atoms with E-state index in [-0.39, 0.29) is 0 Å². The van der Waals surface area contributed by atoms with E-state index >= 15 is 0 Å². The Labute approximate surface area is 128 Å². The minimum atomic E-state index is 0.305. The molecule has 1 saturated heterocycles. The van der Waals surface area contributed by atoms with Crippen LogP contribution < -0.4 is 0 Å². The summed E-state index contributed by atoms with van der Waals surface area (Å²) in [7, 11) is 0. The van der Waals surface area contributed by atoms with E-state index < -0.39 is 0 Å². The smallest absolute Gasteiger partial charge is 0.282 e. The van der Waals surface area contributed by atoms with Crippen molar-refractivity contribution in [1.82, 2.24) is 25.1 Å². The Balaban J connectivity index is 1.65. The lowest BCUT2D eigenvalue weighted by molar-refractivity contribution is 0.278. The zero-order chi connectivity index (χ0) is 14.7. The van der Waals surface area contributed by atoms with Crippen molar-refractivity contribution in [1.29, 1.82) is 0 Å². The summed E-state index contributed by atoms with van der Waals surface area (Å²) in [5, 5.41) is 9.58. The predicted molar refractivity (Wildman–Crippen MR) is 79.1 cm³/mol. The Kier molecular flexibility index (Phi) is 4.50. The molecule has 6 nitrogen and oxygen atoms in total. The molecule has 112 valence electrons. The molecule has 7 heteroatoms. The third kappa shape index (κ3) is 3.79. The maximum absolute atomic E-state index is 5.69. The summed E-state index contributed by atoms with van der Waals surface area (Å²) in [6.45, 7) is 7.13. The van der Waals surface area contributed by atoms with Crippen molar-refractivity contribution in [3.8, 4) is 0 Å². The summed E-state index contributed by atoms with van der Waals surface area (Å²) in [5.41, 5.74) is 0. The number of rotatable bonds is 5. The van der Waals surface area contributed by atoms with E-state index in [1.807, 2.05) is 6.07 Å². The average Bonchev–Trinajstić information content (AvgIpc) is 3.12. The van der Waals surface area contributed by atoms with E-state index in [0.717, 1.165) is 30.5 Å². The van der Waals surface area contributed by atoms with Gasteiger partial charge in [0, 0.05) is 12.1 Å². The molecule has 1 aliphatic rings. The van der Waals surface area contributed by atoms with Gasteiger partial charge in [-0.05, 0) is 43.8 Å². The largest absolute Gasteiger partial charge is 0.414 e. The molecule has 2 aromatic heterocycles. The maximum Gasteiger partial charge on any atom is 0.282 e. The molecule has 0 atom stereocenters. The van der Waals surface area contributed by atoms with E-state index in [9.17, 15) is 0 Å². The van der Waals surface area contributed by atoms with Crippen molar-refractivity contribution in [2.45, 2.75) is 49.4 Å². The molecule has 0 radical (unpaired) electrons. The van der Waals surface area contributed by atoms with Crippen molar-refractivity contribution in [3.63, 3.8) is 0 Å². The molecule has 0 unspecified atom stereocenters. The summed E-state index contributed by atoms with van der Waals surface area (Å²) in [6, 6.07) is 1.86. The molecule has 0 bridgehead atoms. The molecule has 0 N–H and O–H groups in total. The lowest BCUT2D eigenvalue weighted by Gasteiger charge is -2.10. The average molecular weight is 305 g/mol. The number of nitrogens with zero attached hydrogens (tertiary/aromatic N) is 5. The maximum atomic E-state index is 5.69. The van der Waals surface area contributed by atoms with Gasteiger partial charge >= 0.3 is 0 Å². The highest BCUT2D eigenvalue weighted by Crippen LogP contribution is 2.25. The Hall–Kier alpha value is -1.47. The van der Waals surface area contributed by atoms with E-state index in [1.54, 1.807) is 6.20 Å². The highest BCUT2D eigenvalue weighted by molar-refractivity contribution is 7.99. The topological polar surface area (TPSA) is 67.9 Å². The first-order valence-electron chi connectivity index (χ1n) is 7.26. The third-order valence-electron chi connectivity index (χ3n) is 3.36. The molecule has 1 fully saturated rings. The van der Waals surface area contributed by atoms with Gasteiger partial charge in [0.2, 0.25) is 5.89 Å². The first-order chi connectivity index (χ1) is 10.2. The van der Waals surface area contributed by atoms with Gasteiger partial charge in [-0.2, -0.15) is 0 Å². The Morgan fingerprint density at radius 2 is 2.10 bits per heavy atom. The molecule has 3 rings (SSSR count). The van der Waals surface area contributed by atoms with Crippen LogP contribution in [0.3, 0.4) is 0 Å². The number of hydrogen-bond acceptors (Lipinski definition) is 7. The summed E-state index contributed by atoms with van der Waals surface area (Å²) in [6.07, 6.45) is 4.29. The highest BCUT2D eigenvalue weighted by atomic mass is 32.2. The summed E-state index contributed by atoms with van der Waals surface area (Å²) < 4.78 is 5.69. The summed E-state index contributed by atoms with van der Waals surface area (Å²) >= 11 is 1.39. The van der Waals surface area contributed by atoms with Crippen LogP contribution in [-0.2, 0) is 6.54 Å². The van der Waals surface area contributed by atoms with Gasteiger partial charge in [-0.25, -0.2) is 9.97 Å². The van der Waals surface area contributed by atoms with Gasteiger partial charge in [0.05, 0.1) is 6.54 Å². The van der Waals surface area contributed by atoms with Crippen molar-refractivity contribution < 1.29 is 4.42 Å². The minimum Gasteiger partial charge on any atom is -0.414 e. The first-order valence-corrected chi connectivity index (χ1v) is 8.08. The quantitative estimate of drug-likeness (QED) is 0.787. The fourth-order valence-electron chi connectivity index (χ4n) is 2.26. The van der Waals surface area contributed by atoms with E-state index in [0.29, 0.717) is 17.0 Å². The van der Waals surface area contributed by atoms with Crippen molar-refractivity contribution in [2.24, 2.45) is 0 Å². The molecular weight excluding hydrogens is 286 g/mol. The van der Waals surface area contributed by atoms with Crippen LogP contribution in [0.1, 0.15) is 44.3 Å².